The number of hydrogen-bond donors (Lipinski definition) is 0. The van der Waals surface area contributed by atoms with Gasteiger partial charge in [0.1, 0.15) is 0 Å². The molecule has 1 radical (unpaired) electrons. The summed E-state index contributed by atoms with van der Waals surface area (Å²) < 4.78 is 0. The Morgan fingerprint density at radius 1 is 0.833 bits per heavy atom. The molecule has 0 heterocycles. The number of benzene rings is 2. The maximum absolute atomic E-state index is 6.10. The molecule has 0 aliphatic heterocycles. The molecule has 0 bridgehead atoms. The number of hydrogen-bond acceptors (Lipinski definition) is 0. The predicted octanol–water partition coefficient (Wildman–Crippen LogP) is 6.10. The van der Waals surface area contributed by atoms with Crippen molar-refractivity contribution in [2.45, 2.75) is 6.42 Å². The Balaban J connectivity index is 2.16. The SMILES string of the molecule is Clc1ccc(C[CH]c2c(Cl)cccc2Cl)c(Cl)c1. The number of halogens is 4. The van der Waals surface area contributed by atoms with Gasteiger partial charge < -0.3 is 0 Å². The van der Waals surface area contributed by atoms with Gasteiger partial charge in [-0.25, -0.2) is 0 Å². The summed E-state index contributed by atoms with van der Waals surface area (Å²) in [6, 6.07) is 10.9. The van der Waals surface area contributed by atoms with Crippen LogP contribution in [0.15, 0.2) is 36.4 Å². The Morgan fingerprint density at radius 2 is 1.50 bits per heavy atom. The fourth-order valence-electron chi connectivity index (χ4n) is 1.60. The summed E-state index contributed by atoms with van der Waals surface area (Å²) >= 11 is 24.1. The third-order valence-electron chi connectivity index (χ3n) is 2.54. The van der Waals surface area contributed by atoms with Crippen molar-refractivity contribution in [1.29, 1.82) is 0 Å². The third kappa shape index (κ3) is 3.33. The summed E-state index contributed by atoms with van der Waals surface area (Å²) in [4.78, 5) is 0. The van der Waals surface area contributed by atoms with Crippen LogP contribution in [0.25, 0.3) is 0 Å². The van der Waals surface area contributed by atoms with E-state index in [1.165, 1.54) is 0 Å². The molecular weight excluding hydrogens is 310 g/mol. The van der Waals surface area contributed by atoms with E-state index in [-0.39, 0.29) is 0 Å². The zero-order chi connectivity index (χ0) is 13.1. The monoisotopic (exact) mass is 317 g/mol. The van der Waals surface area contributed by atoms with Crippen molar-refractivity contribution < 1.29 is 0 Å². The van der Waals surface area contributed by atoms with E-state index in [1.807, 2.05) is 36.8 Å². The Labute approximate surface area is 126 Å². The van der Waals surface area contributed by atoms with Gasteiger partial charge in [-0.1, -0.05) is 58.5 Å². The molecular formula is C14H9Cl4. The first-order valence-corrected chi connectivity index (χ1v) is 6.80. The lowest BCUT2D eigenvalue weighted by Gasteiger charge is -2.08. The summed E-state index contributed by atoms with van der Waals surface area (Å²) in [6.45, 7) is 0. The molecule has 0 fully saturated rings. The summed E-state index contributed by atoms with van der Waals surface area (Å²) in [5.41, 5.74) is 1.81. The fourth-order valence-corrected chi connectivity index (χ4v) is 2.64. The molecule has 0 aromatic heterocycles. The molecule has 0 unspecified atom stereocenters. The zero-order valence-corrected chi connectivity index (χ0v) is 12.3. The van der Waals surface area contributed by atoms with Crippen molar-refractivity contribution in [2.24, 2.45) is 0 Å². The molecule has 0 aliphatic carbocycles. The molecule has 0 N–H and O–H groups in total. The van der Waals surface area contributed by atoms with Gasteiger partial charge in [0.05, 0.1) is 0 Å². The molecule has 18 heavy (non-hydrogen) atoms. The molecule has 93 valence electrons. The first kappa shape index (κ1) is 14.0. The molecule has 0 saturated carbocycles. The van der Waals surface area contributed by atoms with Crippen LogP contribution in [0.4, 0.5) is 0 Å². The van der Waals surface area contributed by atoms with Crippen LogP contribution < -0.4 is 0 Å². The largest absolute Gasteiger partial charge is 0.0843 e. The second-order valence-electron chi connectivity index (χ2n) is 3.78. The maximum Gasteiger partial charge on any atom is 0.0456 e. The number of rotatable bonds is 3. The second-order valence-corrected chi connectivity index (χ2v) is 5.44. The highest BCUT2D eigenvalue weighted by Crippen LogP contribution is 2.28. The van der Waals surface area contributed by atoms with E-state index in [2.05, 4.69) is 0 Å². The highest BCUT2D eigenvalue weighted by molar-refractivity contribution is 6.36. The minimum absolute atomic E-state index is 0.625. The lowest BCUT2D eigenvalue weighted by Crippen LogP contribution is -1.92. The lowest BCUT2D eigenvalue weighted by molar-refractivity contribution is 1.17. The normalized spacial score (nSPS) is 10.7. The lowest BCUT2D eigenvalue weighted by atomic mass is 10.0. The van der Waals surface area contributed by atoms with Crippen LogP contribution in [0.2, 0.25) is 20.1 Å². The summed E-state index contributed by atoms with van der Waals surface area (Å²) in [7, 11) is 0. The van der Waals surface area contributed by atoms with Gasteiger partial charge in [-0.3, -0.25) is 0 Å². The molecule has 0 saturated heterocycles. The van der Waals surface area contributed by atoms with Crippen molar-refractivity contribution in [2.75, 3.05) is 0 Å². The highest BCUT2D eigenvalue weighted by atomic mass is 35.5. The van der Waals surface area contributed by atoms with Crippen LogP contribution in [0.5, 0.6) is 0 Å². The average Bonchev–Trinajstić information content (AvgIpc) is 2.31. The highest BCUT2D eigenvalue weighted by Gasteiger charge is 2.08. The Bertz CT molecular complexity index is 543. The molecule has 0 atom stereocenters. The van der Waals surface area contributed by atoms with Crippen LogP contribution in [0, 0.1) is 6.42 Å². The van der Waals surface area contributed by atoms with E-state index in [0.717, 1.165) is 11.1 Å². The van der Waals surface area contributed by atoms with Gasteiger partial charge in [0.2, 0.25) is 0 Å². The zero-order valence-electron chi connectivity index (χ0n) is 9.26. The van der Waals surface area contributed by atoms with Gasteiger partial charge in [0, 0.05) is 20.1 Å². The molecule has 0 nitrogen and oxygen atoms in total. The van der Waals surface area contributed by atoms with E-state index in [0.29, 0.717) is 26.5 Å². The standard InChI is InChI=1S/C14H9Cl4/c15-10-6-4-9(14(18)8-10)5-7-11-12(16)2-1-3-13(11)17/h1-4,6-8H,5H2. The first-order chi connectivity index (χ1) is 8.58. The van der Waals surface area contributed by atoms with Crippen molar-refractivity contribution in [3.8, 4) is 0 Å². The fraction of sp³-hybridized carbons (Fsp3) is 0.0714. The van der Waals surface area contributed by atoms with Gasteiger partial charge in [-0.15, -0.1) is 0 Å². The van der Waals surface area contributed by atoms with E-state index in [4.69, 9.17) is 46.4 Å². The quantitative estimate of drug-likeness (QED) is 0.641. The van der Waals surface area contributed by atoms with E-state index in [9.17, 15) is 0 Å². The van der Waals surface area contributed by atoms with Crippen molar-refractivity contribution >= 4 is 46.4 Å². The topological polar surface area (TPSA) is 0 Å². The van der Waals surface area contributed by atoms with Crippen LogP contribution >= 0.6 is 46.4 Å². The minimum Gasteiger partial charge on any atom is -0.0843 e. The van der Waals surface area contributed by atoms with Gasteiger partial charge in [0.15, 0.2) is 0 Å². The Kier molecular flexibility index (Phi) is 4.80. The molecule has 2 rings (SSSR count). The van der Waals surface area contributed by atoms with Crippen molar-refractivity contribution in [3.63, 3.8) is 0 Å². The molecule has 4 heteroatoms. The molecule has 2 aromatic rings. The van der Waals surface area contributed by atoms with E-state index >= 15 is 0 Å². The summed E-state index contributed by atoms with van der Waals surface area (Å²) in [5, 5.41) is 2.53. The van der Waals surface area contributed by atoms with Gasteiger partial charge in [-0.2, -0.15) is 0 Å². The predicted molar refractivity (Wildman–Crippen MR) is 80.0 cm³/mol. The van der Waals surface area contributed by atoms with Crippen LogP contribution in [-0.2, 0) is 6.42 Å². The molecule has 2 aromatic carbocycles. The van der Waals surface area contributed by atoms with Crippen LogP contribution in [0.3, 0.4) is 0 Å². The third-order valence-corrected chi connectivity index (χ3v) is 3.79. The smallest absolute Gasteiger partial charge is 0.0456 e. The van der Waals surface area contributed by atoms with Crippen LogP contribution in [0.1, 0.15) is 11.1 Å². The van der Waals surface area contributed by atoms with Gasteiger partial charge in [0.25, 0.3) is 0 Å². The van der Waals surface area contributed by atoms with E-state index in [1.54, 1.807) is 6.07 Å². The summed E-state index contributed by atoms with van der Waals surface area (Å²) in [6.07, 6.45) is 2.61. The average molecular weight is 319 g/mol. The molecule has 0 spiro atoms. The van der Waals surface area contributed by atoms with Crippen molar-refractivity contribution in [1.82, 2.24) is 0 Å². The van der Waals surface area contributed by atoms with Crippen LogP contribution in [-0.4, -0.2) is 0 Å². The first-order valence-electron chi connectivity index (χ1n) is 5.29. The minimum atomic E-state index is 0.625. The molecule has 0 aliphatic rings. The van der Waals surface area contributed by atoms with Gasteiger partial charge in [-0.05, 0) is 48.2 Å². The maximum atomic E-state index is 6.10. The van der Waals surface area contributed by atoms with E-state index < -0.39 is 0 Å². The Morgan fingerprint density at radius 3 is 2.11 bits per heavy atom. The summed E-state index contributed by atoms with van der Waals surface area (Å²) in [5.74, 6) is 0. The second kappa shape index (κ2) is 6.16. The molecule has 0 amide bonds. The van der Waals surface area contributed by atoms with Gasteiger partial charge >= 0.3 is 0 Å². The Hall–Kier alpha value is -0.400. The van der Waals surface area contributed by atoms with Crippen molar-refractivity contribution in [3.05, 3.63) is 74.0 Å².